The van der Waals surface area contributed by atoms with E-state index in [0.717, 1.165) is 7.11 Å². The zero-order valence-electron chi connectivity index (χ0n) is 16.3. The Bertz CT molecular complexity index is 1110. The smallest absolute Gasteiger partial charge is 0.435 e. The van der Waals surface area contributed by atoms with Crippen LogP contribution in [0.3, 0.4) is 0 Å². The predicted molar refractivity (Wildman–Crippen MR) is 102 cm³/mol. The maximum atomic E-state index is 14.7. The van der Waals surface area contributed by atoms with Crippen molar-refractivity contribution in [3.63, 3.8) is 0 Å². The Kier molecular flexibility index (Phi) is 6.05. The van der Waals surface area contributed by atoms with Crippen LogP contribution in [0.4, 0.5) is 30.7 Å². The first kappa shape index (κ1) is 24.0. The molecule has 0 aliphatic carbocycles. The van der Waals surface area contributed by atoms with Gasteiger partial charge in [0.2, 0.25) is 0 Å². The number of nitrogens with zero attached hydrogens (tertiary/aromatic N) is 1. The van der Waals surface area contributed by atoms with Gasteiger partial charge < -0.3 is 9.57 Å². The predicted octanol–water partition coefficient (Wildman–Crippen LogP) is 6.28. The number of carbonyl (C=O) groups is 1. The molecule has 0 saturated heterocycles. The van der Waals surface area contributed by atoms with Gasteiger partial charge in [-0.1, -0.05) is 11.2 Å². The van der Waals surface area contributed by atoms with E-state index in [2.05, 4.69) is 30.7 Å². The number of aryl methyl sites for hydroxylation is 1. The molecule has 0 bridgehead atoms. The van der Waals surface area contributed by atoms with Crippen molar-refractivity contribution in [3.8, 4) is 0 Å². The molecule has 1 aliphatic rings. The maximum absolute atomic E-state index is 14.7. The first-order valence-electron chi connectivity index (χ1n) is 8.79. The van der Waals surface area contributed by atoms with Crippen LogP contribution in [0.5, 0.6) is 0 Å². The zero-order valence-corrected chi connectivity index (χ0v) is 17.9. The molecule has 1 unspecified atom stereocenters. The summed E-state index contributed by atoms with van der Waals surface area (Å²) in [6, 6.07) is 4.34. The molecule has 0 N–H and O–H groups in total. The van der Waals surface area contributed by atoms with Crippen LogP contribution in [0.1, 0.15) is 39.0 Å². The van der Waals surface area contributed by atoms with Gasteiger partial charge in [-0.15, -0.1) is 0 Å². The lowest BCUT2D eigenvalue weighted by atomic mass is 9.85. The Morgan fingerprint density at radius 1 is 1.16 bits per heavy atom. The van der Waals surface area contributed by atoms with Crippen molar-refractivity contribution in [2.24, 2.45) is 5.16 Å². The van der Waals surface area contributed by atoms with Gasteiger partial charge in [0.25, 0.3) is 5.60 Å². The second-order valence-electron chi connectivity index (χ2n) is 6.97. The Morgan fingerprint density at radius 2 is 1.81 bits per heavy atom. The van der Waals surface area contributed by atoms with E-state index >= 15 is 0 Å². The number of halogens is 8. The van der Waals surface area contributed by atoms with E-state index in [1.807, 2.05) is 0 Å². The van der Waals surface area contributed by atoms with Gasteiger partial charge in [-0.3, -0.25) is 0 Å². The number of oxime groups is 1. The molecule has 0 spiro atoms. The topological polar surface area (TPSA) is 47.9 Å². The molecule has 12 heteroatoms. The number of hydrogen-bond acceptors (Lipinski definition) is 4. The van der Waals surface area contributed by atoms with Crippen molar-refractivity contribution in [2.75, 3.05) is 7.11 Å². The summed E-state index contributed by atoms with van der Waals surface area (Å²) in [5, 5.41) is 3.42. The highest BCUT2D eigenvalue weighted by molar-refractivity contribution is 9.10. The van der Waals surface area contributed by atoms with Crippen molar-refractivity contribution in [1.82, 2.24) is 0 Å². The number of methoxy groups -OCH3 is 1. The van der Waals surface area contributed by atoms with E-state index in [4.69, 9.17) is 0 Å². The molecule has 1 heterocycles. The molecule has 0 aromatic heterocycles. The lowest BCUT2D eigenvalue weighted by Crippen LogP contribution is -2.43. The van der Waals surface area contributed by atoms with E-state index in [9.17, 15) is 35.5 Å². The Hall–Kier alpha value is -2.63. The van der Waals surface area contributed by atoms with Crippen LogP contribution < -0.4 is 0 Å². The van der Waals surface area contributed by atoms with E-state index < -0.39 is 51.8 Å². The number of rotatable bonds is 3. The molecule has 2 aromatic carbocycles. The van der Waals surface area contributed by atoms with Crippen LogP contribution in [0.25, 0.3) is 0 Å². The molecule has 2 aromatic rings. The van der Waals surface area contributed by atoms with Crippen molar-refractivity contribution in [1.29, 1.82) is 0 Å². The third kappa shape index (κ3) is 4.07. The number of ether oxygens (including phenoxy) is 1. The van der Waals surface area contributed by atoms with Gasteiger partial charge >= 0.3 is 18.3 Å². The summed E-state index contributed by atoms with van der Waals surface area (Å²) in [6.45, 7) is 1.51. The van der Waals surface area contributed by atoms with Crippen LogP contribution in [-0.2, 0) is 21.4 Å². The minimum atomic E-state index is -5.32. The third-order valence-corrected chi connectivity index (χ3v) is 5.52. The van der Waals surface area contributed by atoms with Gasteiger partial charge in [-0.25, -0.2) is 9.18 Å². The van der Waals surface area contributed by atoms with Gasteiger partial charge in [0, 0.05) is 5.56 Å². The SMILES string of the molecule is COC(=O)c1ccc(C2=NOC(c3cc(C(F)(F)F)cc(Br)c3F)(C(F)(F)F)C2)cc1C. The Labute approximate surface area is 185 Å². The monoisotopic (exact) mass is 527 g/mol. The normalized spacial score (nSPS) is 18.9. The van der Waals surface area contributed by atoms with Gasteiger partial charge in [0.05, 0.1) is 34.8 Å². The number of alkyl halides is 6. The number of hydrogen-bond donors (Lipinski definition) is 0. The van der Waals surface area contributed by atoms with Crippen molar-refractivity contribution in [2.45, 2.75) is 31.3 Å². The summed E-state index contributed by atoms with van der Waals surface area (Å²) in [5.41, 5.74) is -5.97. The molecule has 4 nitrogen and oxygen atoms in total. The second-order valence-corrected chi connectivity index (χ2v) is 7.82. The Balaban J connectivity index is 2.10. The van der Waals surface area contributed by atoms with Crippen LogP contribution >= 0.6 is 15.9 Å². The summed E-state index contributed by atoms with van der Waals surface area (Å²) in [5.74, 6) is -2.22. The molecule has 0 amide bonds. The molecule has 0 saturated carbocycles. The van der Waals surface area contributed by atoms with Crippen LogP contribution in [-0.4, -0.2) is 25.0 Å². The maximum Gasteiger partial charge on any atom is 0.435 e. The number of benzene rings is 2. The molecule has 0 radical (unpaired) electrons. The van der Waals surface area contributed by atoms with Gasteiger partial charge in [0.1, 0.15) is 5.82 Å². The number of carbonyl (C=O) groups excluding carboxylic acids is 1. The average molecular weight is 528 g/mol. The van der Waals surface area contributed by atoms with Crippen molar-refractivity contribution < 1.29 is 45.1 Å². The van der Waals surface area contributed by atoms with E-state index in [0.29, 0.717) is 11.6 Å². The number of esters is 1. The molecule has 172 valence electrons. The highest BCUT2D eigenvalue weighted by atomic mass is 79.9. The van der Waals surface area contributed by atoms with Gasteiger partial charge in [0.15, 0.2) is 0 Å². The molecule has 3 rings (SSSR count). The molecular formula is C20H13BrF7NO3. The van der Waals surface area contributed by atoms with E-state index in [1.54, 1.807) is 0 Å². The minimum Gasteiger partial charge on any atom is -0.465 e. The Morgan fingerprint density at radius 3 is 2.34 bits per heavy atom. The summed E-state index contributed by atoms with van der Waals surface area (Å²) in [7, 11) is 1.16. The summed E-state index contributed by atoms with van der Waals surface area (Å²) < 4.78 is 100. The standard InChI is InChI=1S/C20H13BrF7NO3/c1-9-5-10(3-4-12(9)17(30)31-2)15-8-18(32-29-15,20(26,27)28)13-6-11(19(23,24)25)7-14(21)16(13)22/h3-7H,8H2,1-2H3. The van der Waals surface area contributed by atoms with Gasteiger partial charge in [-0.05, 0) is 58.2 Å². The summed E-state index contributed by atoms with van der Waals surface area (Å²) in [4.78, 5) is 16.3. The molecule has 1 aliphatic heterocycles. The van der Waals surface area contributed by atoms with Crippen LogP contribution in [0, 0.1) is 12.7 Å². The fourth-order valence-electron chi connectivity index (χ4n) is 3.27. The van der Waals surface area contributed by atoms with E-state index in [1.165, 1.54) is 25.1 Å². The highest BCUT2D eigenvalue weighted by Crippen LogP contribution is 2.51. The summed E-state index contributed by atoms with van der Waals surface area (Å²) in [6.07, 6.45) is -11.4. The third-order valence-electron chi connectivity index (χ3n) is 4.94. The second kappa shape index (κ2) is 8.05. The van der Waals surface area contributed by atoms with Crippen molar-refractivity contribution in [3.05, 3.63) is 68.4 Å². The molecule has 0 fully saturated rings. The largest absolute Gasteiger partial charge is 0.465 e. The van der Waals surface area contributed by atoms with Crippen LogP contribution in [0.15, 0.2) is 40.0 Å². The molecule has 32 heavy (non-hydrogen) atoms. The van der Waals surface area contributed by atoms with Gasteiger partial charge in [-0.2, -0.15) is 26.3 Å². The lowest BCUT2D eigenvalue weighted by molar-refractivity contribution is -0.277. The fourth-order valence-corrected chi connectivity index (χ4v) is 3.73. The summed E-state index contributed by atoms with van der Waals surface area (Å²) >= 11 is 2.55. The fraction of sp³-hybridized carbons (Fsp3) is 0.300. The van der Waals surface area contributed by atoms with E-state index in [-0.39, 0.29) is 22.9 Å². The average Bonchev–Trinajstić information content (AvgIpc) is 3.15. The highest BCUT2D eigenvalue weighted by Gasteiger charge is 2.64. The van der Waals surface area contributed by atoms with Crippen molar-refractivity contribution >= 4 is 27.6 Å². The lowest BCUT2D eigenvalue weighted by Gasteiger charge is -2.30. The first-order chi connectivity index (χ1) is 14.7. The zero-order chi connectivity index (χ0) is 24.1. The van der Waals surface area contributed by atoms with Crippen LogP contribution in [0.2, 0.25) is 0 Å². The minimum absolute atomic E-state index is 0.0671. The first-order valence-corrected chi connectivity index (χ1v) is 9.58. The molecule has 1 atom stereocenters. The quantitative estimate of drug-likeness (QED) is 0.348. The molecular weight excluding hydrogens is 515 g/mol.